The lowest BCUT2D eigenvalue weighted by Gasteiger charge is -2.23. The molecule has 1 aromatic heterocycles. The number of piperidine rings is 1. The van der Waals surface area contributed by atoms with Crippen molar-refractivity contribution in [1.29, 1.82) is 0 Å². The van der Waals surface area contributed by atoms with Gasteiger partial charge in [0.2, 0.25) is 0 Å². The van der Waals surface area contributed by atoms with E-state index in [1.54, 1.807) is 35.9 Å². The second kappa shape index (κ2) is 9.67. The van der Waals surface area contributed by atoms with E-state index in [2.05, 4.69) is 10.6 Å². The maximum atomic E-state index is 13.2. The molecule has 1 unspecified atom stereocenters. The number of nitrogens with zero attached hydrogens (tertiary/aromatic N) is 1. The maximum absolute atomic E-state index is 13.2. The van der Waals surface area contributed by atoms with Crippen molar-refractivity contribution in [2.75, 3.05) is 13.1 Å². The van der Waals surface area contributed by atoms with E-state index in [-0.39, 0.29) is 35.9 Å². The molecule has 1 fully saturated rings. The molecule has 2 aromatic rings. The van der Waals surface area contributed by atoms with Crippen LogP contribution in [0.15, 0.2) is 41.3 Å². The molecular formula is C20H25ClFN3O2. The summed E-state index contributed by atoms with van der Waals surface area (Å²) in [5.41, 5.74) is 1.19. The van der Waals surface area contributed by atoms with Crippen LogP contribution in [-0.2, 0) is 13.1 Å². The third-order valence-corrected chi connectivity index (χ3v) is 4.80. The molecule has 1 atom stereocenters. The van der Waals surface area contributed by atoms with Gasteiger partial charge in [-0.1, -0.05) is 12.1 Å². The number of nitrogens with one attached hydrogen (secondary N) is 2. The number of benzene rings is 1. The number of carbonyl (C=O) groups excluding carboxylic acids is 1. The van der Waals surface area contributed by atoms with Crippen LogP contribution < -0.4 is 16.2 Å². The molecule has 1 aliphatic heterocycles. The fourth-order valence-electron chi connectivity index (χ4n) is 3.36. The van der Waals surface area contributed by atoms with E-state index in [9.17, 15) is 14.0 Å². The van der Waals surface area contributed by atoms with Gasteiger partial charge in [-0.3, -0.25) is 9.59 Å². The average Bonchev–Trinajstić information content (AvgIpc) is 2.63. The molecule has 27 heavy (non-hydrogen) atoms. The minimum absolute atomic E-state index is 0. The fraction of sp³-hybridized carbons (Fsp3) is 0.400. The first kappa shape index (κ1) is 21.1. The van der Waals surface area contributed by atoms with E-state index in [0.29, 0.717) is 23.6 Å². The summed E-state index contributed by atoms with van der Waals surface area (Å²) in [5.74, 6) is -0.378. The van der Waals surface area contributed by atoms with E-state index >= 15 is 0 Å². The molecule has 0 bridgehead atoms. The van der Waals surface area contributed by atoms with E-state index in [4.69, 9.17) is 0 Å². The standard InChI is InChI=1S/C20H24FN3O2.ClH/c1-14-7-9-24(13-16-5-3-8-22-11-16)20(26)18(14)19(25)23-12-15-4-2-6-17(21)10-15;/h2,4,6-7,9-10,16,22H,3,5,8,11-13H2,1H3,(H,23,25);1H. The molecule has 0 saturated carbocycles. The highest BCUT2D eigenvalue weighted by atomic mass is 35.5. The number of hydrogen-bond donors (Lipinski definition) is 2. The van der Waals surface area contributed by atoms with Crippen LogP contribution in [0, 0.1) is 18.7 Å². The van der Waals surface area contributed by atoms with Gasteiger partial charge in [0.05, 0.1) is 0 Å². The third kappa shape index (κ3) is 5.40. The Labute approximate surface area is 164 Å². The van der Waals surface area contributed by atoms with Gasteiger partial charge in [-0.2, -0.15) is 0 Å². The first-order valence-corrected chi connectivity index (χ1v) is 8.98. The van der Waals surface area contributed by atoms with Gasteiger partial charge in [-0.05, 0) is 68.1 Å². The number of carbonyl (C=O) groups is 1. The Morgan fingerprint density at radius 1 is 1.37 bits per heavy atom. The minimum Gasteiger partial charge on any atom is -0.348 e. The maximum Gasteiger partial charge on any atom is 0.263 e. The Bertz CT molecular complexity index is 847. The lowest BCUT2D eigenvalue weighted by molar-refractivity contribution is 0.0948. The van der Waals surface area contributed by atoms with E-state index in [1.165, 1.54) is 12.1 Å². The normalized spacial score (nSPS) is 16.4. The fourth-order valence-corrected chi connectivity index (χ4v) is 3.36. The van der Waals surface area contributed by atoms with Crippen molar-refractivity contribution < 1.29 is 9.18 Å². The zero-order chi connectivity index (χ0) is 18.5. The van der Waals surface area contributed by atoms with Gasteiger partial charge in [-0.15, -0.1) is 12.4 Å². The molecular weight excluding hydrogens is 369 g/mol. The smallest absolute Gasteiger partial charge is 0.263 e. The lowest BCUT2D eigenvalue weighted by Crippen LogP contribution is -2.37. The number of aromatic nitrogens is 1. The Morgan fingerprint density at radius 3 is 2.89 bits per heavy atom. The van der Waals surface area contributed by atoms with Crippen molar-refractivity contribution in [3.63, 3.8) is 0 Å². The number of aryl methyl sites for hydroxylation is 1. The lowest BCUT2D eigenvalue weighted by atomic mass is 9.99. The topological polar surface area (TPSA) is 63.1 Å². The summed E-state index contributed by atoms with van der Waals surface area (Å²) in [7, 11) is 0. The molecule has 1 amide bonds. The Balaban J connectivity index is 0.00000261. The highest BCUT2D eigenvalue weighted by Gasteiger charge is 2.19. The Kier molecular flexibility index (Phi) is 7.56. The molecule has 2 N–H and O–H groups in total. The van der Waals surface area contributed by atoms with Crippen LogP contribution in [0.25, 0.3) is 0 Å². The van der Waals surface area contributed by atoms with Crippen LogP contribution in [0.4, 0.5) is 4.39 Å². The second-order valence-electron chi connectivity index (χ2n) is 6.86. The van der Waals surface area contributed by atoms with E-state index < -0.39 is 5.91 Å². The summed E-state index contributed by atoms with van der Waals surface area (Å²) in [6.45, 7) is 4.45. The minimum atomic E-state index is -0.423. The molecule has 3 rings (SSSR count). The zero-order valence-electron chi connectivity index (χ0n) is 15.3. The van der Waals surface area contributed by atoms with E-state index in [1.807, 2.05) is 0 Å². The van der Waals surface area contributed by atoms with Crippen LogP contribution in [0.5, 0.6) is 0 Å². The quantitative estimate of drug-likeness (QED) is 0.820. The molecule has 0 aliphatic carbocycles. The van der Waals surface area contributed by atoms with Gasteiger partial charge >= 0.3 is 0 Å². The van der Waals surface area contributed by atoms with Gasteiger partial charge < -0.3 is 15.2 Å². The van der Waals surface area contributed by atoms with Crippen molar-refractivity contribution in [2.24, 2.45) is 5.92 Å². The van der Waals surface area contributed by atoms with Crippen molar-refractivity contribution in [3.05, 3.63) is 69.4 Å². The van der Waals surface area contributed by atoms with Gasteiger partial charge in [-0.25, -0.2) is 4.39 Å². The molecule has 5 nitrogen and oxygen atoms in total. The van der Waals surface area contributed by atoms with Gasteiger partial charge in [0, 0.05) is 19.3 Å². The molecule has 1 aromatic carbocycles. The number of amides is 1. The highest BCUT2D eigenvalue weighted by molar-refractivity contribution is 5.95. The first-order chi connectivity index (χ1) is 12.5. The molecule has 0 spiro atoms. The van der Waals surface area contributed by atoms with Gasteiger partial charge in [0.15, 0.2) is 0 Å². The SMILES string of the molecule is Cc1ccn(CC2CCCNC2)c(=O)c1C(=O)NCc1cccc(F)c1.Cl. The van der Waals surface area contributed by atoms with Crippen molar-refractivity contribution in [2.45, 2.75) is 32.9 Å². The molecule has 1 saturated heterocycles. The number of halogens is 2. The van der Waals surface area contributed by atoms with E-state index in [0.717, 1.165) is 25.9 Å². The van der Waals surface area contributed by atoms with Gasteiger partial charge in [0.1, 0.15) is 11.4 Å². The van der Waals surface area contributed by atoms with Crippen LogP contribution in [0.3, 0.4) is 0 Å². The molecule has 1 aliphatic rings. The predicted molar refractivity (Wildman–Crippen MR) is 106 cm³/mol. The number of hydrogen-bond acceptors (Lipinski definition) is 3. The van der Waals surface area contributed by atoms with Crippen molar-refractivity contribution in [3.8, 4) is 0 Å². The summed E-state index contributed by atoms with van der Waals surface area (Å²) < 4.78 is 14.9. The summed E-state index contributed by atoms with van der Waals surface area (Å²) in [4.78, 5) is 25.4. The Morgan fingerprint density at radius 2 is 2.19 bits per heavy atom. The van der Waals surface area contributed by atoms with Crippen LogP contribution in [-0.4, -0.2) is 23.6 Å². The largest absolute Gasteiger partial charge is 0.348 e. The third-order valence-electron chi connectivity index (χ3n) is 4.80. The van der Waals surface area contributed by atoms with Crippen molar-refractivity contribution in [1.82, 2.24) is 15.2 Å². The summed E-state index contributed by atoms with van der Waals surface area (Å²) >= 11 is 0. The summed E-state index contributed by atoms with van der Waals surface area (Å²) in [6.07, 6.45) is 3.94. The highest BCUT2D eigenvalue weighted by Crippen LogP contribution is 2.12. The number of rotatable bonds is 5. The van der Waals surface area contributed by atoms with Crippen molar-refractivity contribution >= 4 is 18.3 Å². The zero-order valence-corrected chi connectivity index (χ0v) is 16.2. The first-order valence-electron chi connectivity index (χ1n) is 8.98. The predicted octanol–water partition coefficient (Wildman–Crippen LogP) is 2.65. The molecule has 0 radical (unpaired) electrons. The van der Waals surface area contributed by atoms with Gasteiger partial charge in [0.25, 0.3) is 11.5 Å². The Hall–Kier alpha value is -2.18. The molecule has 146 valence electrons. The average molecular weight is 394 g/mol. The second-order valence-corrected chi connectivity index (χ2v) is 6.86. The summed E-state index contributed by atoms with van der Waals surface area (Å²) in [6, 6.07) is 7.85. The van der Waals surface area contributed by atoms with Crippen LogP contribution in [0.2, 0.25) is 0 Å². The summed E-state index contributed by atoms with van der Waals surface area (Å²) in [5, 5.41) is 6.06. The van der Waals surface area contributed by atoms with Crippen LogP contribution in [0.1, 0.15) is 34.3 Å². The number of pyridine rings is 1. The monoisotopic (exact) mass is 393 g/mol. The molecule has 7 heteroatoms. The van der Waals surface area contributed by atoms with Crippen LogP contribution >= 0.6 is 12.4 Å². The molecule has 2 heterocycles.